The van der Waals surface area contributed by atoms with Crippen molar-refractivity contribution in [1.29, 1.82) is 0 Å². The lowest BCUT2D eigenvalue weighted by Crippen LogP contribution is -2.44. The molecule has 29 heavy (non-hydrogen) atoms. The molecule has 4 rings (SSSR count). The van der Waals surface area contributed by atoms with Crippen molar-refractivity contribution in [2.24, 2.45) is 0 Å². The van der Waals surface area contributed by atoms with Gasteiger partial charge in [0.2, 0.25) is 5.95 Å². The van der Waals surface area contributed by atoms with Crippen molar-refractivity contribution in [2.45, 2.75) is 31.0 Å². The van der Waals surface area contributed by atoms with Crippen LogP contribution in [0.3, 0.4) is 0 Å². The highest BCUT2D eigenvalue weighted by molar-refractivity contribution is 6.03. The molecule has 0 spiro atoms. The van der Waals surface area contributed by atoms with Gasteiger partial charge in [-0.1, -0.05) is 18.2 Å². The average molecular weight is 401 g/mol. The fourth-order valence-corrected chi connectivity index (χ4v) is 3.32. The summed E-state index contributed by atoms with van der Waals surface area (Å²) in [5, 5.41) is 32.7. The number of amides is 1. The number of nitrogens with one attached hydrogen (secondary N) is 2. The predicted molar refractivity (Wildman–Crippen MR) is 100 cm³/mol. The van der Waals surface area contributed by atoms with E-state index < -0.39 is 42.1 Å². The van der Waals surface area contributed by atoms with Crippen LogP contribution in [0, 0.1) is 0 Å². The largest absolute Gasteiger partial charge is 0.394 e. The van der Waals surface area contributed by atoms with Crippen LogP contribution < -0.4 is 10.9 Å². The molecule has 0 saturated carbocycles. The molecule has 1 fully saturated rings. The fraction of sp³-hybridized carbons (Fsp3) is 0.333. The Balaban J connectivity index is 1.73. The molecule has 3 heterocycles. The maximum atomic E-state index is 12.4. The van der Waals surface area contributed by atoms with E-state index in [9.17, 15) is 24.9 Å². The molecule has 1 saturated heterocycles. The van der Waals surface area contributed by atoms with Crippen molar-refractivity contribution in [3.63, 3.8) is 0 Å². The van der Waals surface area contributed by atoms with E-state index in [1.54, 1.807) is 30.3 Å². The van der Waals surface area contributed by atoms with E-state index in [0.29, 0.717) is 5.56 Å². The van der Waals surface area contributed by atoms with E-state index in [4.69, 9.17) is 4.74 Å². The molecule has 1 aliphatic rings. The molecule has 11 nitrogen and oxygen atoms in total. The van der Waals surface area contributed by atoms with E-state index in [1.807, 2.05) is 0 Å². The van der Waals surface area contributed by atoms with Crippen molar-refractivity contribution in [1.82, 2.24) is 19.5 Å². The molecular weight excluding hydrogens is 382 g/mol. The number of aliphatic hydroxyl groups excluding tert-OH is 2. The molecule has 2 aromatic heterocycles. The van der Waals surface area contributed by atoms with Crippen LogP contribution in [0.1, 0.15) is 23.5 Å². The van der Waals surface area contributed by atoms with E-state index in [0.717, 1.165) is 0 Å². The van der Waals surface area contributed by atoms with Crippen LogP contribution in [0.5, 0.6) is 0 Å². The second kappa shape index (κ2) is 7.04. The summed E-state index contributed by atoms with van der Waals surface area (Å²) in [4.78, 5) is 35.4. The van der Waals surface area contributed by atoms with Gasteiger partial charge in [-0.2, -0.15) is 4.98 Å². The van der Waals surface area contributed by atoms with Crippen LogP contribution in [0.2, 0.25) is 0 Å². The molecule has 0 radical (unpaired) electrons. The molecule has 1 aliphatic heterocycles. The number of carbonyl (C=O) groups excluding carboxylic acids is 1. The van der Waals surface area contributed by atoms with Crippen LogP contribution >= 0.6 is 0 Å². The van der Waals surface area contributed by atoms with Gasteiger partial charge < -0.3 is 20.1 Å². The summed E-state index contributed by atoms with van der Waals surface area (Å²) in [7, 11) is 0. The molecule has 152 valence electrons. The highest BCUT2D eigenvalue weighted by Gasteiger charge is 2.53. The van der Waals surface area contributed by atoms with Gasteiger partial charge in [-0.05, 0) is 19.1 Å². The lowest BCUT2D eigenvalue weighted by Gasteiger charge is -2.27. The van der Waals surface area contributed by atoms with Crippen molar-refractivity contribution in [3.8, 4) is 0 Å². The average Bonchev–Trinajstić information content (AvgIpc) is 3.21. The third-order valence-corrected chi connectivity index (χ3v) is 4.89. The monoisotopic (exact) mass is 401 g/mol. The molecule has 0 unspecified atom stereocenters. The van der Waals surface area contributed by atoms with E-state index in [1.165, 1.54) is 17.8 Å². The standard InChI is InChI=1S/C18H19N5O6/c1-18(28)12(25)10(7-24)29-16(18)23-8-19-11-13(23)20-17(22-15(11)27)21-14(26)9-5-3-2-4-6-9/h2-6,8,10,12,16,24-25,28H,7H2,1H3,(H2,20,21,22,26,27)/t10-,12+,16-,18+/m1/s1. The number of imidazole rings is 1. The highest BCUT2D eigenvalue weighted by atomic mass is 16.6. The van der Waals surface area contributed by atoms with Crippen molar-refractivity contribution >= 4 is 23.0 Å². The number of hydrogen-bond donors (Lipinski definition) is 5. The summed E-state index contributed by atoms with van der Waals surface area (Å²) in [6.45, 7) is 0.835. The number of fused-ring (bicyclic) bond motifs is 1. The van der Waals surface area contributed by atoms with Crippen molar-refractivity contribution in [3.05, 3.63) is 52.6 Å². The third kappa shape index (κ3) is 3.19. The van der Waals surface area contributed by atoms with Gasteiger partial charge in [-0.25, -0.2) is 4.98 Å². The van der Waals surface area contributed by atoms with Crippen LogP contribution in [0.4, 0.5) is 5.95 Å². The number of anilines is 1. The zero-order valence-corrected chi connectivity index (χ0v) is 15.3. The second-order valence-electron chi connectivity index (χ2n) is 6.94. The van der Waals surface area contributed by atoms with E-state index in [2.05, 4.69) is 20.3 Å². The minimum atomic E-state index is -1.78. The Kier molecular flexibility index (Phi) is 4.67. The van der Waals surface area contributed by atoms with Crippen molar-refractivity contribution < 1.29 is 24.9 Å². The summed E-state index contributed by atoms with van der Waals surface area (Å²) in [6.07, 6.45) is -2.31. The first kappa shape index (κ1) is 19.2. The number of nitrogens with zero attached hydrogens (tertiary/aromatic N) is 3. The number of aromatic nitrogens is 4. The summed E-state index contributed by atoms with van der Waals surface area (Å²) >= 11 is 0. The molecule has 11 heteroatoms. The Bertz CT molecular complexity index is 1110. The second-order valence-corrected chi connectivity index (χ2v) is 6.94. The number of ether oxygens (including phenoxy) is 1. The Hall–Kier alpha value is -3.12. The number of benzene rings is 1. The fourth-order valence-electron chi connectivity index (χ4n) is 3.32. The molecule has 0 bridgehead atoms. The molecule has 5 N–H and O–H groups in total. The summed E-state index contributed by atoms with van der Waals surface area (Å²) in [6, 6.07) is 8.38. The van der Waals surface area contributed by atoms with Gasteiger partial charge in [0.05, 0.1) is 12.9 Å². The number of carbonyl (C=O) groups is 1. The Morgan fingerprint density at radius 2 is 2.10 bits per heavy atom. The van der Waals surface area contributed by atoms with Crippen LogP contribution in [-0.2, 0) is 4.74 Å². The van der Waals surface area contributed by atoms with Gasteiger partial charge in [-0.3, -0.25) is 24.5 Å². The van der Waals surface area contributed by atoms with Crippen molar-refractivity contribution in [2.75, 3.05) is 11.9 Å². The topological polar surface area (TPSA) is 163 Å². The Morgan fingerprint density at radius 3 is 2.76 bits per heavy atom. The molecular formula is C18H19N5O6. The third-order valence-electron chi connectivity index (χ3n) is 4.89. The zero-order chi connectivity index (χ0) is 20.8. The molecule has 0 aliphatic carbocycles. The maximum absolute atomic E-state index is 12.4. The normalized spacial score (nSPS) is 26.7. The number of H-pyrrole nitrogens is 1. The first-order chi connectivity index (χ1) is 13.8. The van der Waals surface area contributed by atoms with Crippen LogP contribution in [-0.4, -0.2) is 65.2 Å². The maximum Gasteiger partial charge on any atom is 0.280 e. The molecule has 1 amide bonds. The van der Waals surface area contributed by atoms with E-state index >= 15 is 0 Å². The van der Waals surface area contributed by atoms with Crippen LogP contribution in [0.25, 0.3) is 11.2 Å². The summed E-state index contributed by atoms with van der Waals surface area (Å²) in [5.41, 5.74) is -2.01. The quantitative estimate of drug-likeness (QED) is 0.386. The number of hydrogen-bond acceptors (Lipinski definition) is 8. The lowest BCUT2D eigenvalue weighted by molar-refractivity contribution is -0.0950. The summed E-state index contributed by atoms with van der Waals surface area (Å²) in [5.74, 6) is -0.589. The lowest BCUT2D eigenvalue weighted by atomic mass is 9.96. The smallest absolute Gasteiger partial charge is 0.280 e. The number of rotatable bonds is 4. The van der Waals surface area contributed by atoms with Gasteiger partial charge in [0.1, 0.15) is 17.8 Å². The van der Waals surface area contributed by atoms with Gasteiger partial charge in [-0.15, -0.1) is 0 Å². The highest BCUT2D eigenvalue weighted by Crippen LogP contribution is 2.39. The number of aromatic amines is 1. The Morgan fingerprint density at radius 1 is 1.38 bits per heavy atom. The molecule has 1 aromatic carbocycles. The van der Waals surface area contributed by atoms with Gasteiger partial charge in [0.25, 0.3) is 11.5 Å². The predicted octanol–water partition coefficient (Wildman–Crippen LogP) is -0.627. The molecule has 4 atom stereocenters. The van der Waals surface area contributed by atoms with Gasteiger partial charge >= 0.3 is 0 Å². The minimum Gasteiger partial charge on any atom is -0.394 e. The van der Waals surface area contributed by atoms with E-state index in [-0.39, 0.29) is 17.1 Å². The number of aliphatic hydroxyl groups is 3. The zero-order valence-electron chi connectivity index (χ0n) is 15.3. The Labute approximate surface area is 163 Å². The summed E-state index contributed by atoms with van der Waals surface area (Å²) < 4.78 is 6.83. The molecule has 3 aromatic rings. The van der Waals surface area contributed by atoms with Crippen LogP contribution in [0.15, 0.2) is 41.5 Å². The van der Waals surface area contributed by atoms with Gasteiger partial charge in [0.15, 0.2) is 17.4 Å². The SMILES string of the molecule is C[C@]1(O)[C@@H](O)[C@@H](CO)O[C@H]1n1cnc2c(=O)[nH]c(NC(=O)c3ccccc3)nc21. The minimum absolute atomic E-state index is 0.0353. The first-order valence-corrected chi connectivity index (χ1v) is 8.83. The first-order valence-electron chi connectivity index (χ1n) is 8.83. The van der Waals surface area contributed by atoms with Gasteiger partial charge in [0, 0.05) is 5.56 Å².